The Labute approximate surface area is 82.8 Å². The van der Waals surface area contributed by atoms with Crippen molar-refractivity contribution < 1.29 is 10.2 Å². The zero-order chi connectivity index (χ0) is 9.68. The Morgan fingerprint density at radius 1 is 1.31 bits per heavy atom. The average Bonchev–Trinajstić information content (AvgIpc) is 2.16. The second kappa shape index (κ2) is 5.10. The van der Waals surface area contributed by atoms with Crippen LogP contribution in [-0.4, -0.2) is 22.2 Å². The maximum atomic E-state index is 9.38. The summed E-state index contributed by atoms with van der Waals surface area (Å²) in [6.07, 6.45) is 0.753. The Bertz CT molecular complexity index is 263. The van der Waals surface area contributed by atoms with Crippen LogP contribution >= 0.6 is 11.6 Å². The number of phenolic OH excluding ortho intramolecular Hbond substituents is 1. The van der Waals surface area contributed by atoms with Gasteiger partial charge in [-0.1, -0.05) is 18.2 Å². The van der Waals surface area contributed by atoms with Crippen LogP contribution in [0.4, 0.5) is 0 Å². The van der Waals surface area contributed by atoms with Gasteiger partial charge in [-0.05, 0) is 24.5 Å². The fourth-order valence-corrected chi connectivity index (χ4v) is 1.28. The molecule has 1 aromatic rings. The van der Waals surface area contributed by atoms with Crippen LogP contribution in [0.15, 0.2) is 24.3 Å². The molecular formula is C10H13ClO2. The number of benzene rings is 1. The van der Waals surface area contributed by atoms with Crippen LogP contribution in [0.25, 0.3) is 0 Å². The van der Waals surface area contributed by atoms with Crippen molar-refractivity contribution in [3.8, 4) is 5.75 Å². The fourth-order valence-electron chi connectivity index (χ4n) is 1.12. The van der Waals surface area contributed by atoms with E-state index in [4.69, 9.17) is 11.6 Å². The second-order valence-electron chi connectivity index (χ2n) is 2.98. The number of aryl methyl sites for hydroxylation is 1. The van der Waals surface area contributed by atoms with Gasteiger partial charge in [0.25, 0.3) is 0 Å². The van der Waals surface area contributed by atoms with Gasteiger partial charge in [0.1, 0.15) is 5.75 Å². The highest BCUT2D eigenvalue weighted by molar-refractivity contribution is 6.18. The minimum atomic E-state index is -0.485. The molecule has 0 fully saturated rings. The molecule has 0 aliphatic rings. The van der Waals surface area contributed by atoms with E-state index < -0.39 is 6.10 Å². The molecule has 3 heteroatoms. The monoisotopic (exact) mass is 200 g/mol. The topological polar surface area (TPSA) is 40.5 Å². The molecule has 2 nitrogen and oxygen atoms in total. The van der Waals surface area contributed by atoms with E-state index in [1.165, 1.54) is 0 Å². The van der Waals surface area contributed by atoms with E-state index in [1.54, 1.807) is 12.1 Å². The van der Waals surface area contributed by atoms with Gasteiger partial charge in [-0.15, -0.1) is 11.6 Å². The minimum absolute atomic E-state index is 0.244. The summed E-state index contributed by atoms with van der Waals surface area (Å²) in [4.78, 5) is 0. The number of para-hydroxylation sites is 1. The third-order valence-corrected chi connectivity index (χ3v) is 2.27. The zero-order valence-electron chi connectivity index (χ0n) is 7.28. The van der Waals surface area contributed by atoms with E-state index in [9.17, 15) is 10.2 Å². The van der Waals surface area contributed by atoms with Gasteiger partial charge >= 0.3 is 0 Å². The van der Waals surface area contributed by atoms with Crippen LogP contribution in [0, 0.1) is 0 Å². The number of phenols is 1. The Morgan fingerprint density at radius 3 is 2.62 bits per heavy atom. The number of rotatable bonds is 4. The van der Waals surface area contributed by atoms with Crippen LogP contribution in [0.2, 0.25) is 0 Å². The summed E-state index contributed by atoms with van der Waals surface area (Å²) < 4.78 is 0. The molecule has 0 radical (unpaired) electrons. The summed E-state index contributed by atoms with van der Waals surface area (Å²) in [5.41, 5.74) is 0.853. The summed E-state index contributed by atoms with van der Waals surface area (Å²) in [7, 11) is 0. The van der Waals surface area contributed by atoms with Crippen molar-refractivity contribution in [2.45, 2.75) is 18.9 Å². The van der Waals surface area contributed by atoms with Gasteiger partial charge in [0.05, 0.1) is 6.10 Å². The molecule has 0 aromatic heterocycles. The van der Waals surface area contributed by atoms with E-state index in [-0.39, 0.29) is 11.6 Å². The number of aromatic hydroxyl groups is 1. The highest BCUT2D eigenvalue weighted by Gasteiger charge is 2.04. The molecule has 0 unspecified atom stereocenters. The molecule has 0 aliphatic heterocycles. The molecule has 0 heterocycles. The van der Waals surface area contributed by atoms with Crippen molar-refractivity contribution >= 4 is 11.6 Å². The molecule has 1 atom stereocenters. The summed E-state index contributed by atoms with van der Waals surface area (Å²) in [5, 5.41) is 18.6. The van der Waals surface area contributed by atoms with E-state index >= 15 is 0 Å². The van der Waals surface area contributed by atoms with Crippen LogP contribution in [-0.2, 0) is 6.42 Å². The van der Waals surface area contributed by atoms with Gasteiger partial charge in [0.15, 0.2) is 0 Å². The van der Waals surface area contributed by atoms with E-state index in [2.05, 4.69) is 0 Å². The highest BCUT2D eigenvalue weighted by Crippen LogP contribution is 2.17. The lowest BCUT2D eigenvalue weighted by Crippen LogP contribution is -2.09. The van der Waals surface area contributed by atoms with Gasteiger partial charge in [-0.3, -0.25) is 0 Å². The van der Waals surface area contributed by atoms with Crippen LogP contribution in [0.3, 0.4) is 0 Å². The van der Waals surface area contributed by atoms with Crippen molar-refractivity contribution in [1.29, 1.82) is 0 Å². The molecule has 1 aromatic carbocycles. The number of halogens is 1. The SMILES string of the molecule is Oc1ccccc1CC[C@H](O)CCl. The number of aliphatic hydroxyl groups excluding tert-OH is 1. The molecule has 0 spiro atoms. The third-order valence-electron chi connectivity index (χ3n) is 1.92. The van der Waals surface area contributed by atoms with Crippen LogP contribution in [0.1, 0.15) is 12.0 Å². The second-order valence-corrected chi connectivity index (χ2v) is 3.28. The number of hydrogen-bond acceptors (Lipinski definition) is 2. The number of alkyl halides is 1. The van der Waals surface area contributed by atoms with Crippen molar-refractivity contribution in [3.05, 3.63) is 29.8 Å². The molecule has 0 saturated heterocycles. The predicted molar refractivity (Wildman–Crippen MR) is 53.2 cm³/mol. The van der Waals surface area contributed by atoms with E-state index in [1.807, 2.05) is 12.1 Å². The quantitative estimate of drug-likeness (QED) is 0.730. The molecule has 0 aliphatic carbocycles. The third kappa shape index (κ3) is 3.25. The zero-order valence-corrected chi connectivity index (χ0v) is 8.04. The molecule has 1 rings (SSSR count). The molecule has 13 heavy (non-hydrogen) atoms. The summed E-state index contributed by atoms with van der Waals surface area (Å²) >= 11 is 5.45. The molecule has 0 bridgehead atoms. The van der Waals surface area contributed by atoms with Crippen LogP contribution in [0.5, 0.6) is 5.75 Å². The van der Waals surface area contributed by atoms with Gasteiger partial charge in [0, 0.05) is 5.88 Å². The highest BCUT2D eigenvalue weighted by atomic mass is 35.5. The molecule has 72 valence electrons. The first-order valence-electron chi connectivity index (χ1n) is 4.25. The van der Waals surface area contributed by atoms with Gasteiger partial charge in [-0.2, -0.15) is 0 Å². The summed E-state index contributed by atoms with van der Waals surface area (Å²) in [6.45, 7) is 0. The lowest BCUT2D eigenvalue weighted by atomic mass is 10.1. The lowest BCUT2D eigenvalue weighted by Gasteiger charge is -2.07. The normalized spacial score (nSPS) is 12.8. The Kier molecular flexibility index (Phi) is 4.06. The van der Waals surface area contributed by atoms with Crippen molar-refractivity contribution in [2.24, 2.45) is 0 Å². The van der Waals surface area contributed by atoms with Crippen molar-refractivity contribution in [2.75, 3.05) is 5.88 Å². The minimum Gasteiger partial charge on any atom is -0.508 e. The van der Waals surface area contributed by atoms with Crippen LogP contribution < -0.4 is 0 Å². The van der Waals surface area contributed by atoms with Gasteiger partial charge < -0.3 is 10.2 Å². The largest absolute Gasteiger partial charge is 0.508 e. The molecule has 0 saturated carbocycles. The predicted octanol–water partition coefficient (Wildman–Crippen LogP) is 1.92. The summed E-state index contributed by atoms with van der Waals surface area (Å²) in [6, 6.07) is 7.12. The first-order valence-corrected chi connectivity index (χ1v) is 4.78. The standard InChI is InChI=1S/C10H13ClO2/c11-7-9(12)6-5-8-3-1-2-4-10(8)13/h1-4,9,12-13H,5-7H2/t9-/m0/s1. The summed E-state index contributed by atoms with van der Waals surface area (Å²) in [5.74, 6) is 0.525. The Morgan fingerprint density at radius 2 is 2.00 bits per heavy atom. The smallest absolute Gasteiger partial charge is 0.118 e. The van der Waals surface area contributed by atoms with E-state index in [0.29, 0.717) is 12.8 Å². The Hall–Kier alpha value is -0.730. The van der Waals surface area contributed by atoms with Crippen molar-refractivity contribution in [1.82, 2.24) is 0 Å². The molecular weight excluding hydrogens is 188 g/mol. The average molecular weight is 201 g/mol. The maximum Gasteiger partial charge on any atom is 0.118 e. The molecule has 0 amide bonds. The van der Waals surface area contributed by atoms with Gasteiger partial charge in [-0.25, -0.2) is 0 Å². The molecule has 2 N–H and O–H groups in total. The first kappa shape index (κ1) is 10.4. The van der Waals surface area contributed by atoms with Crippen molar-refractivity contribution in [3.63, 3.8) is 0 Å². The first-order chi connectivity index (χ1) is 6.24. The fraction of sp³-hybridized carbons (Fsp3) is 0.400. The van der Waals surface area contributed by atoms with Gasteiger partial charge in [0.2, 0.25) is 0 Å². The lowest BCUT2D eigenvalue weighted by molar-refractivity contribution is 0.188. The maximum absolute atomic E-state index is 9.38. The number of hydrogen-bond donors (Lipinski definition) is 2. The Balaban J connectivity index is 2.50. The number of aliphatic hydroxyl groups is 1. The van der Waals surface area contributed by atoms with E-state index in [0.717, 1.165) is 5.56 Å².